The third-order valence-electron chi connectivity index (χ3n) is 4.45. The summed E-state index contributed by atoms with van der Waals surface area (Å²) < 4.78 is 27.0. The van der Waals surface area contributed by atoms with E-state index in [9.17, 15) is 8.42 Å². The Morgan fingerprint density at radius 2 is 2.00 bits per heavy atom. The molecular formula is C15H23ClN2O2S. The number of benzene rings is 1. The smallest absolute Gasteiger partial charge is 0.243 e. The van der Waals surface area contributed by atoms with Gasteiger partial charge in [0.2, 0.25) is 10.0 Å². The molecule has 6 heteroatoms. The molecule has 2 atom stereocenters. The molecule has 0 heterocycles. The number of nitrogens with zero attached hydrogens (tertiary/aromatic N) is 1. The van der Waals surface area contributed by atoms with Crippen molar-refractivity contribution in [1.82, 2.24) is 4.31 Å². The molecule has 0 aliphatic heterocycles. The van der Waals surface area contributed by atoms with Crippen LogP contribution >= 0.6 is 11.6 Å². The molecule has 2 unspecified atom stereocenters. The third kappa shape index (κ3) is 3.42. The molecule has 0 amide bonds. The summed E-state index contributed by atoms with van der Waals surface area (Å²) in [7, 11) is -1.84. The van der Waals surface area contributed by atoms with Crippen molar-refractivity contribution >= 4 is 21.6 Å². The predicted molar refractivity (Wildman–Crippen MR) is 85.7 cm³/mol. The number of halogens is 1. The number of rotatable bonds is 4. The lowest BCUT2D eigenvalue weighted by atomic mass is 9.86. The average Bonchev–Trinajstić information content (AvgIpc) is 2.47. The van der Waals surface area contributed by atoms with Crippen LogP contribution in [0.2, 0.25) is 5.02 Å². The van der Waals surface area contributed by atoms with Crippen LogP contribution in [0.3, 0.4) is 0 Å². The van der Waals surface area contributed by atoms with Gasteiger partial charge < -0.3 is 5.73 Å². The van der Waals surface area contributed by atoms with Crippen molar-refractivity contribution in [2.24, 2.45) is 11.7 Å². The monoisotopic (exact) mass is 330 g/mol. The molecule has 1 fully saturated rings. The van der Waals surface area contributed by atoms with Gasteiger partial charge in [-0.3, -0.25) is 0 Å². The molecule has 21 heavy (non-hydrogen) atoms. The molecule has 118 valence electrons. The first-order valence-electron chi connectivity index (χ1n) is 7.34. The van der Waals surface area contributed by atoms with E-state index in [-0.39, 0.29) is 10.9 Å². The Balaban J connectivity index is 2.30. The molecule has 0 bridgehead atoms. The van der Waals surface area contributed by atoms with Crippen LogP contribution in [-0.2, 0) is 16.6 Å². The molecule has 0 aromatic heterocycles. The van der Waals surface area contributed by atoms with E-state index in [4.69, 9.17) is 17.3 Å². The Kier molecular flexibility index (Phi) is 5.30. The first-order valence-corrected chi connectivity index (χ1v) is 9.16. The lowest BCUT2D eigenvalue weighted by Gasteiger charge is -2.35. The fraction of sp³-hybridized carbons (Fsp3) is 0.600. The largest absolute Gasteiger partial charge is 0.326 e. The summed E-state index contributed by atoms with van der Waals surface area (Å²) in [5, 5.41) is 0.406. The Labute approximate surface area is 132 Å². The number of nitrogens with two attached hydrogens (primary N) is 1. The van der Waals surface area contributed by atoms with Gasteiger partial charge >= 0.3 is 0 Å². The van der Waals surface area contributed by atoms with E-state index in [1.54, 1.807) is 19.2 Å². The summed E-state index contributed by atoms with van der Waals surface area (Å²) in [5.41, 5.74) is 6.31. The van der Waals surface area contributed by atoms with E-state index in [2.05, 4.69) is 6.92 Å². The maximum absolute atomic E-state index is 12.8. The Morgan fingerprint density at radius 3 is 2.57 bits per heavy atom. The van der Waals surface area contributed by atoms with E-state index in [0.29, 0.717) is 17.5 Å². The minimum Gasteiger partial charge on any atom is -0.326 e. The minimum absolute atomic E-state index is 0.0664. The van der Waals surface area contributed by atoms with Gasteiger partial charge in [-0.15, -0.1) is 0 Å². The van der Waals surface area contributed by atoms with Crippen LogP contribution in [0.4, 0.5) is 0 Å². The number of sulfonamides is 1. The fourth-order valence-corrected chi connectivity index (χ4v) is 4.87. The zero-order chi connectivity index (χ0) is 15.6. The lowest BCUT2D eigenvalue weighted by Crippen LogP contribution is -2.42. The van der Waals surface area contributed by atoms with Gasteiger partial charge in [0.25, 0.3) is 0 Å². The van der Waals surface area contributed by atoms with Crippen molar-refractivity contribution in [1.29, 1.82) is 0 Å². The summed E-state index contributed by atoms with van der Waals surface area (Å²) >= 11 is 6.09. The van der Waals surface area contributed by atoms with Gasteiger partial charge in [0.15, 0.2) is 0 Å². The molecule has 1 aromatic carbocycles. The second-order valence-electron chi connectivity index (χ2n) is 5.81. The molecule has 1 saturated carbocycles. The van der Waals surface area contributed by atoms with Crippen molar-refractivity contribution in [3.63, 3.8) is 0 Å². The van der Waals surface area contributed by atoms with E-state index in [1.165, 1.54) is 16.8 Å². The first kappa shape index (κ1) is 16.7. The van der Waals surface area contributed by atoms with Crippen LogP contribution in [0, 0.1) is 5.92 Å². The number of hydrogen-bond donors (Lipinski definition) is 1. The van der Waals surface area contributed by atoms with Crippen LogP contribution in [0.5, 0.6) is 0 Å². The molecule has 0 saturated heterocycles. The summed E-state index contributed by atoms with van der Waals surface area (Å²) in [4.78, 5) is 0.241. The van der Waals surface area contributed by atoms with Gasteiger partial charge in [0.05, 0.1) is 4.90 Å². The van der Waals surface area contributed by atoms with E-state index >= 15 is 0 Å². The Morgan fingerprint density at radius 1 is 1.33 bits per heavy atom. The van der Waals surface area contributed by atoms with Gasteiger partial charge in [0.1, 0.15) is 0 Å². The average molecular weight is 331 g/mol. The molecular weight excluding hydrogens is 308 g/mol. The van der Waals surface area contributed by atoms with Crippen molar-refractivity contribution in [3.8, 4) is 0 Å². The van der Waals surface area contributed by atoms with Crippen LogP contribution in [0.1, 0.15) is 38.2 Å². The highest BCUT2D eigenvalue weighted by Gasteiger charge is 2.33. The number of hydrogen-bond acceptors (Lipinski definition) is 3. The third-order valence-corrected chi connectivity index (χ3v) is 6.69. The van der Waals surface area contributed by atoms with Gasteiger partial charge in [-0.2, -0.15) is 4.31 Å². The molecule has 1 aliphatic rings. The van der Waals surface area contributed by atoms with Crippen LogP contribution in [-0.4, -0.2) is 25.8 Å². The molecule has 4 nitrogen and oxygen atoms in total. The summed E-state index contributed by atoms with van der Waals surface area (Å²) in [6.07, 6.45) is 4.27. The van der Waals surface area contributed by atoms with Gasteiger partial charge in [-0.1, -0.05) is 37.4 Å². The zero-order valence-corrected chi connectivity index (χ0v) is 14.1. The van der Waals surface area contributed by atoms with Crippen molar-refractivity contribution in [2.75, 3.05) is 7.05 Å². The van der Waals surface area contributed by atoms with Crippen molar-refractivity contribution in [3.05, 3.63) is 28.8 Å². The highest BCUT2D eigenvalue weighted by molar-refractivity contribution is 7.89. The van der Waals surface area contributed by atoms with E-state index in [0.717, 1.165) is 24.8 Å². The normalized spacial score (nSPS) is 23.5. The highest BCUT2D eigenvalue weighted by Crippen LogP contribution is 2.31. The zero-order valence-electron chi connectivity index (χ0n) is 12.5. The summed E-state index contributed by atoms with van der Waals surface area (Å²) in [5.74, 6) is 0.386. The molecule has 2 rings (SSSR count). The van der Waals surface area contributed by atoms with Crippen LogP contribution < -0.4 is 5.73 Å². The second kappa shape index (κ2) is 6.65. The van der Waals surface area contributed by atoms with E-state index < -0.39 is 10.0 Å². The fourth-order valence-electron chi connectivity index (χ4n) is 3.04. The predicted octanol–water partition coefficient (Wildman–Crippen LogP) is 3.00. The van der Waals surface area contributed by atoms with Crippen LogP contribution in [0.15, 0.2) is 23.1 Å². The Bertz CT molecular complexity index is 604. The van der Waals surface area contributed by atoms with Crippen LogP contribution in [0.25, 0.3) is 0 Å². The SMILES string of the molecule is CC1CCCCC1N(C)S(=O)(=O)c1ccc(CN)c(Cl)c1. The molecule has 1 aromatic rings. The second-order valence-corrected chi connectivity index (χ2v) is 8.21. The standard InChI is InChI=1S/C15H23ClN2O2S/c1-11-5-3-4-6-15(11)18(2)21(19,20)13-8-7-12(10-17)14(16)9-13/h7-9,11,15H,3-6,10,17H2,1-2H3. The maximum atomic E-state index is 12.8. The topological polar surface area (TPSA) is 63.4 Å². The van der Waals surface area contributed by atoms with Crippen molar-refractivity contribution in [2.45, 2.75) is 50.1 Å². The molecule has 0 spiro atoms. The molecule has 1 aliphatic carbocycles. The van der Waals surface area contributed by atoms with Gasteiger partial charge in [-0.25, -0.2) is 8.42 Å². The quantitative estimate of drug-likeness (QED) is 0.923. The molecule has 0 radical (unpaired) electrons. The first-order chi connectivity index (χ1) is 9.87. The minimum atomic E-state index is -3.51. The summed E-state index contributed by atoms with van der Waals surface area (Å²) in [6, 6.07) is 4.85. The molecule has 2 N–H and O–H groups in total. The van der Waals surface area contributed by atoms with E-state index in [1.807, 2.05) is 0 Å². The Hall–Kier alpha value is -0.620. The van der Waals surface area contributed by atoms with Gasteiger partial charge in [0, 0.05) is 24.7 Å². The van der Waals surface area contributed by atoms with Crippen molar-refractivity contribution < 1.29 is 8.42 Å². The van der Waals surface area contributed by atoms with Gasteiger partial charge in [-0.05, 0) is 36.5 Å². The maximum Gasteiger partial charge on any atom is 0.243 e. The summed E-state index contributed by atoms with van der Waals surface area (Å²) in [6.45, 7) is 2.43. The highest BCUT2D eigenvalue weighted by atomic mass is 35.5. The lowest BCUT2D eigenvalue weighted by molar-refractivity contribution is 0.213.